The largest absolute Gasteiger partial charge is 0.378 e. The summed E-state index contributed by atoms with van der Waals surface area (Å²) in [5.74, 6) is 0.0234. The topological polar surface area (TPSA) is 103 Å². The number of sulfone groups is 1. The highest BCUT2D eigenvalue weighted by Crippen LogP contribution is 2.15. The minimum atomic E-state index is -3.52. The Morgan fingerprint density at radius 1 is 1.16 bits per heavy atom. The summed E-state index contributed by atoms with van der Waals surface area (Å²) in [4.78, 5) is 18.1. The van der Waals surface area contributed by atoms with E-state index in [1.54, 1.807) is 23.1 Å². The van der Waals surface area contributed by atoms with Crippen LogP contribution in [0.3, 0.4) is 0 Å². The van der Waals surface area contributed by atoms with Gasteiger partial charge in [-0.05, 0) is 12.1 Å². The molecule has 0 radical (unpaired) electrons. The summed E-state index contributed by atoms with van der Waals surface area (Å²) in [5, 5.41) is 3.71. The molecule has 0 aliphatic carbocycles. The Labute approximate surface area is 145 Å². The minimum absolute atomic E-state index is 0.0000397. The monoisotopic (exact) mass is 365 g/mol. The first-order valence-corrected chi connectivity index (χ1v) is 9.64. The number of ether oxygens (including phenoxy) is 1. The van der Waals surface area contributed by atoms with Gasteiger partial charge in [-0.15, -0.1) is 0 Å². The van der Waals surface area contributed by atoms with Crippen molar-refractivity contribution in [1.29, 1.82) is 0 Å². The van der Waals surface area contributed by atoms with Crippen LogP contribution in [-0.2, 0) is 31.5 Å². The summed E-state index contributed by atoms with van der Waals surface area (Å²) in [5.41, 5.74) is 0. The highest BCUT2D eigenvalue weighted by atomic mass is 32.2. The van der Waals surface area contributed by atoms with Gasteiger partial charge in [-0.3, -0.25) is 4.79 Å². The smallest absolute Gasteiger partial charge is 0.227 e. The Morgan fingerprint density at radius 2 is 1.88 bits per heavy atom. The second-order valence-electron chi connectivity index (χ2n) is 5.67. The van der Waals surface area contributed by atoms with E-state index in [9.17, 15) is 13.2 Å². The number of aryl methyl sites for hydroxylation is 1. The highest BCUT2D eigenvalue weighted by Gasteiger charge is 2.21. The lowest BCUT2D eigenvalue weighted by molar-refractivity contribution is -0.135. The Bertz CT molecular complexity index is 813. The van der Waals surface area contributed by atoms with E-state index < -0.39 is 9.84 Å². The maximum atomic E-state index is 12.3. The van der Waals surface area contributed by atoms with Crippen molar-refractivity contribution in [3.8, 4) is 0 Å². The van der Waals surface area contributed by atoms with Crippen LogP contribution < -0.4 is 0 Å². The van der Waals surface area contributed by atoms with Crippen LogP contribution in [0.1, 0.15) is 18.1 Å². The molecular formula is C16H19N3O5S. The van der Waals surface area contributed by atoms with Gasteiger partial charge in [-0.25, -0.2) is 8.42 Å². The van der Waals surface area contributed by atoms with Crippen molar-refractivity contribution in [3.63, 3.8) is 0 Å². The van der Waals surface area contributed by atoms with Crippen LogP contribution in [0.2, 0.25) is 0 Å². The molecule has 9 heteroatoms. The molecule has 0 unspecified atom stereocenters. The zero-order chi connectivity index (χ0) is 17.7. The summed E-state index contributed by atoms with van der Waals surface area (Å²) < 4.78 is 34.8. The number of benzene rings is 1. The molecular weight excluding hydrogens is 346 g/mol. The summed E-state index contributed by atoms with van der Waals surface area (Å²) in [6, 6.07) is 8.11. The molecule has 1 aliphatic heterocycles. The number of carbonyl (C=O) groups is 1. The second kappa shape index (κ2) is 7.75. The number of nitrogens with zero attached hydrogens (tertiary/aromatic N) is 3. The van der Waals surface area contributed by atoms with Gasteiger partial charge < -0.3 is 14.2 Å². The van der Waals surface area contributed by atoms with Gasteiger partial charge in [0.25, 0.3) is 0 Å². The molecule has 1 aromatic heterocycles. The number of rotatable bonds is 6. The lowest BCUT2D eigenvalue weighted by atomic mass is 10.2. The van der Waals surface area contributed by atoms with Gasteiger partial charge in [0.1, 0.15) is 5.75 Å². The van der Waals surface area contributed by atoms with Crippen molar-refractivity contribution in [3.05, 3.63) is 42.0 Å². The number of aromatic nitrogens is 2. The molecule has 1 amide bonds. The average molecular weight is 365 g/mol. The highest BCUT2D eigenvalue weighted by molar-refractivity contribution is 7.90. The molecule has 8 nitrogen and oxygen atoms in total. The zero-order valence-electron chi connectivity index (χ0n) is 13.6. The van der Waals surface area contributed by atoms with E-state index in [1.165, 1.54) is 12.1 Å². The molecule has 0 saturated carbocycles. The third-order valence-electron chi connectivity index (χ3n) is 3.85. The van der Waals surface area contributed by atoms with Crippen molar-refractivity contribution in [2.75, 3.05) is 26.3 Å². The predicted molar refractivity (Wildman–Crippen MR) is 87.3 cm³/mol. The van der Waals surface area contributed by atoms with E-state index >= 15 is 0 Å². The van der Waals surface area contributed by atoms with Crippen molar-refractivity contribution >= 4 is 15.7 Å². The van der Waals surface area contributed by atoms with E-state index in [1.807, 2.05) is 0 Å². The third kappa shape index (κ3) is 4.64. The molecule has 1 saturated heterocycles. The van der Waals surface area contributed by atoms with E-state index in [-0.39, 0.29) is 41.1 Å². The number of morpholine rings is 1. The second-order valence-corrected chi connectivity index (χ2v) is 7.66. The van der Waals surface area contributed by atoms with Crippen LogP contribution >= 0.6 is 0 Å². The number of amides is 1. The first-order valence-electron chi connectivity index (χ1n) is 7.99. The van der Waals surface area contributed by atoms with Gasteiger partial charge in [-0.2, -0.15) is 4.98 Å². The van der Waals surface area contributed by atoms with Crippen molar-refractivity contribution < 1.29 is 22.5 Å². The molecule has 1 aromatic carbocycles. The van der Waals surface area contributed by atoms with Crippen LogP contribution in [0, 0.1) is 0 Å². The maximum absolute atomic E-state index is 12.3. The summed E-state index contributed by atoms with van der Waals surface area (Å²) in [6.45, 7) is 2.27. The molecule has 0 atom stereocenters. The predicted octanol–water partition coefficient (Wildman–Crippen LogP) is 0.835. The third-order valence-corrected chi connectivity index (χ3v) is 5.48. The van der Waals surface area contributed by atoms with E-state index in [2.05, 4.69) is 10.1 Å². The molecule has 2 heterocycles. The Morgan fingerprint density at radius 3 is 2.60 bits per heavy atom. The first kappa shape index (κ1) is 17.6. The van der Waals surface area contributed by atoms with E-state index in [4.69, 9.17) is 9.26 Å². The molecule has 0 bridgehead atoms. The van der Waals surface area contributed by atoms with Crippen LogP contribution in [0.15, 0.2) is 39.8 Å². The van der Waals surface area contributed by atoms with E-state index in [0.717, 1.165) is 0 Å². The lowest BCUT2D eigenvalue weighted by Crippen LogP contribution is -2.40. The molecule has 1 aliphatic rings. The van der Waals surface area contributed by atoms with E-state index in [0.29, 0.717) is 26.3 Å². The number of hydrogen-bond donors (Lipinski definition) is 0. The number of carbonyl (C=O) groups excluding carboxylic acids is 1. The fourth-order valence-corrected chi connectivity index (χ4v) is 3.71. The summed E-state index contributed by atoms with van der Waals surface area (Å²) in [6.07, 6.45) is 0.529. The van der Waals surface area contributed by atoms with Gasteiger partial charge in [0.05, 0.1) is 18.1 Å². The van der Waals surface area contributed by atoms with Gasteiger partial charge in [0, 0.05) is 25.9 Å². The Hall–Kier alpha value is -2.26. The standard InChI is InChI=1S/C16H19N3O5S/c20-16(19-8-10-23-11-9-19)7-6-15-17-14(18-24-15)12-25(21,22)13-4-2-1-3-5-13/h1-5H,6-12H2. The van der Waals surface area contributed by atoms with Gasteiger partial charge >= 0.3 is 0 Å². The first-order chi connectivity index (χ1) is 12.0. The van der Waals surface area contributed by atoms with Gasteiger partial charge in [0.15, 0.2) is 15.7 Å². The fourth-order valence-electron chi connectivity index (χ4n) is 2.52. The maximum Gasteiger partial charge on any atom is 0.227 e. The molecule has 3 rings (SSSR count). The summed E-state index contributed by atoms with van der Waals surface area (Å²) in [7, 11) is -3.52. The SMILES string of the molecule is O=C(CCc1nc(CS(=O)(=O)c2ccccc2)no1)N1CCOCC1. The molecule has 0 spiro atoms. The van der Waals surface area contributed by atoms with Crippen molar-refractivity contribution in [1.82, 2.24) is 15.0 Å². The Kier molecular flexibility index (Phi) is 5.44. The Balaban J connectivity index is 1.56. The van der Waals surface area contributed by atoms with Crippen LogP contribution in [-0.4, -0.2) is 55.7 Å². The molecule has 25 heavy (non-hydrogen) atoms. The van der Waals surface area contributed by atoms with Gasteiger partial charge in [-0.1, -0.05) is 23.4 Å². The lowest BCUT2D eigenvalue weighted by Gasteiger charge is -2.26. The molecule has 2 aromatic rings. The van der Waals surface area contributed by atoms with Crippen LogP contribution in [0.25, 0.3) is 0 Å². The van der Waals surface area contributed by atoms with Crippen LogP contribution in [0.5, 0.6) is 0 Å². The fraction of sp³-hybridized carbons (Fsp3) is 0.438. The number of hydrogen-bond acceptors (Lipinski definition) is 7. The zero-order valence-corrected chi connectivity index (χ0v) is 14.4. The van der Waals surface area contributed by atoms with Crippen LogP contribution in [0.4, 0.5) is 0 Å². The van der Waals surface area contributed by atoms with Crippen molar-refractivity contribution in [2.45, 2.75) is 23.5 Å². The minimum Gasteiger partial charge on any atom is -0.378 e. The molecule has 0 N–H and O–H groups in total. The molecule has 1 fully saturated rings. The normalized spacial score (nSPS) is 15.3. The summed E-state index contributed by atoms with van der Waals surface area (Å²) >= 11 is 0. The van der Waals surface area contributed by atoms with Crippen molar-refractivity contribution in [2.24, 2.45) is 0 Å². The van der Waals surface area contributed by atoms with Gasteiger partial charge in [0.2, 0.25) is 11.8 Å². The average Bonchev–Trinajstić information content (AvgIpc) is 3.08. The quantitative estimate of drug-likeness (QED) is 0.747. The molecule has 134 valence electrons.